The lowest BCUT2D eigenvalue weighted by Crippen LogP contribution is -2.30. The largest absolute Gasteiger partial charge is 0.497 e. The van der Waals surface area contributed by atoms with Gasteiger partial charge in [0.1, 0.15) is 5.75 Å². The number of benzene rings is 1. The Balaban J connectivity index is 2.35. The molecular weight excluding hydrogens is 262 g/mol. The molecule has 1 atom stereocenters. The van der Waals surface area contributed by atoms with Gasteiger partial charge in [-0.05, 0) is 30.5 Å². The molecule has 0 heterocycles. The third-order valence-corrected chi connectivity index (χ3v) is 3.90. The highest BCUT2D eigenvalue weighted by Gasteiger charge is 2.15. The van der Waals surface area contributed by atoms with E-state index in [4.69, 9.17) is 4.74 Å². The van der Waals surface area contributed by atoms with Crippen molar-refractivity contribution in [3.63, 3.8) is 0 Å². The van der Waals surface area contributed by atoms with Crippen molar-refractivity contribution in [1.29, 1.82) is 0 Å². The molecule has 118 valence electrons. The molecule has 1 amide bonds. The van der Waals surface area contributed by atoms with E-state index in [1.54, 1.807) is 7.11 Å². The Bertz CT molecular complexity index is 400. The van der Waals surface area contributed by atoms with Gasteiger partial charge in [0.15, 0.2) is 0 Å². The first-order valence-electron chi connectivity index (χ1n) is 8.11. The molecule has 0 fully saturated rings. The molecule has 0 aliphatic rings. The zero-order valence-corrected chi connectivity index (χ0v) is 13.7. The van der Waals surface area contributed by atoms with Crippen molar-refractivity contribution in [2.45, 2.75) is 58.9 Å². The third kappa shape index (κ3) is 6.65. The molecule has 1 N–H and O–H groups in total. The lowest BCUT2D eigenvalue weighted by molar-refractivity contribution is -0.125. The van der Waals surface area contributed by atoms with E-state index in [0.717, 1.165) is 30.6 Å². The minimum absolute atomic E-state index is 0.153. The van der Waals surface area contributed by atoms with Crippen molar-refractivity contribution in [3.05, 3.63) is 29.8 Å². The lowest BCUT2D eigenvalue weighted by atomic mass is 9.97. The van der Waals surface area contributed by atoms with Gasteiger partial charge in [-0.1, -0.05) is 51.7 Å². The van der Waals surface area contributed by atoms with Gasteiger partial charge in [0, 0.05) is 12.5 Å². The van der Waals surface area contributed by atoms with E-state index in [9.17, 15) is 4.79 Å². The number of carbonyl (C=O) groups is 1. The number of hydrogen-bond donors (Lipinski definition) is 1. The summed E-state index contributed by atoms with van der Waals surface area (Å²) in [4.78, 5) is 12.2. The smallest absolute Gasteiger partial charge is 0.223 e. The molecule has 1 aromatic rings. The van der Waals surface area contributed by atoms with E-state index >= 15 is 0 Å². The number of carbonyl (C=O) groups excluding carboxylic acids is 1. The SMILES string of the molecule is CCCCCCC(CC)C(=O)NCc1ccc(OC)cc1. The van der Waals surface area contributed by atoms with Crippen LogP contribution in [0.4, 0.5) is 0 Å². The number of methoxy groups -OCH3 is 1. The fourth-order valence-electron chi connectivity index (χ4n) is 2.42. The summed E-state index contributed by atoms with van der Waals surface area (Å²) in [5.74, 6) is 1.18. The second-order valence-electron chi connectivity index (χ2n) is 5.52. The lowest BCUT2D eigenvalue weighted by Gasteiger charge is -2.15. The standard InChI is InChI=1S/C18H29NO2/c1-4-6-7-8-9-16(5-2)18(20)19-14-15-10-12-17(21-3)13-11-15/h10-13,16H,4-9,14H2,1-3H3,(H,19,20). The molecule has 1 aromatic carbocycles. The molecule has 0 aliphatic heterocycles. The van der Waals surface area contributed by atoms with Gasteiger partial charge in [0.2, 0.25) is 5.91 Å². The normalized spacial score (nSPS) is 12.0. The van der Waals surface area contributed by atoms with Gasteiger partial charge in [-0.15, -0.1) is 0 Å². The van der Waals surface area contributed by atoms with Crippen molar-refractivity contribution < 1.29 is 9.53 Å². The van der Waals surface area contributed by atoms with Crippen molar-refractivity contribution in [3.8, 4) is 5.75 Å². The van der Waals surface area contributed by atoms with Crippen molar-refractivity contribution >= 4 is 5.91 Å². The predicted octanol–water partition coefficient (Wildman–Crippen LogP) is 4.31. The topological polar surface area (TPSA) is 38.3 Å². The van der Waals surface area contributed by atoms with E-state index in [1.807, 2.05) is 24.3 Å². The van der Waals surface area contributed by atoms with Crippen LogP contribution < -0.4 is 10.1 Å². The summed E-state index contributed by atoms with van der Waals surface area (Å²) in [6.45, 7) is 4.89. The molecule has 0 saturated carbocycles. The monoisotopic (exact) mass is 291 g/mol. The second-order valence-corrected chi connectivity index (χ2v) is 5.52. The highest BCUT2D eigenvalue weighted by molar-refractivity contribution is 5.78. The molecule has 0 aromatic heterocycles. The van der Waals surface area contributed by atoms with Crippen LogP contribution in [0.2, 0.25) is 0 Å². The van der Waals surface area contributed by atoms with Crippen LogP contribution in [-0.4, -0.2) is 13.0 Å². The molecule has 1 unspecified atom stereocenters. The van der Waals surface area contributed by atoms with Crippen LogP contribution >= 0.6 is 0 Å². The van der Waals surface area contributed by atoms with Crippen LogP contribution in [-0.2, 0) is 11.3 Å². The minimum Gasteiger partial charge on any atom is -0.497 e. The molecule has 0 bridgehead atoms. The molecule has 0 radical (unpaired) electrons. The Hall–Kier alpha value is -1.51. The van der Waals surface area contributed by atoms with Crippen LogP contribution in [0.25, 0.3) is 0 Å². The average Bonchev–Trinajstić information content (AvgIpc) is 2.53. The summed E-state index contributed by atoms with van der Waals surface area (Å²) in [6, 6.07) is 7.82. The predicted molar refractivity (Wildman–Crippen MR) is 87.4 cm³/mol. The van der Waals surface area contributed by atoms with Crippen molar-refractivity contribution in [1.82, 2.24) is 5.32 Å². The van der Waals surface area contributed by atoms with Crippen LogP contribution in [0.3, 0.4) is 0 Å². The summed E-state index contributed by atoms with van der Waals surface area (Å²) in [5, 5.41) is 3.05. The molecule has 0 aliphatic carbocycles. The zero-order chi connectivity index (χ0) is 15.5. The molecular formula is C18H29NO2. The Morgan fingerprint density at radius 1 is 1.14 bits per heavy atom. The summed E-state index contributed by atoms with van der Waals surface area (Å²) < 4.78 is 5.13. The molecule has 3 heteroatoms. The minimum atomic E-state index is 0.153. The summed E-state index contributed by atoms with van der Waals surface area (Å²) in [7, 11) is 1.65. The van der Waals surface area contributed by atoms with Gasteiger partial charge in [0.05, 0.1) is 7.11 Å². The molecule has 3 nitrogen and oxygen atoms in total. The fraction of sp³-hybridized carbons (Fsp3) is 0.611. The van der Waals surface area contributed by atoms with E-state index in [0.29, 0.717) is 6.54 Å². The number of unbranched alkanes of at least 4 members (excludes halogenated alkanes) is 3. The average molecular weight is 291 g/mol. The number of ether oxygens (including phenoxy) is 1. The number of hydrogen-bond acceptors (Lipinski definition) is 2. The first-order chi connectivity index (χ1) is 10.2. The van der Waals surface area contributed by atoms with Crippen LogP contribution in [0.15, 0.2) is 24.3 Å². The van der Waals surface area contributed by atoms with E-state index in [2.05, 4.69) is 19.2 Å². The van der Waals surface area contributed by atoms with Crippen molar-refractivity contribution in [2.24, 2.45) is 5.92 Å². The Labute approximate surface area is 129 Å². The number of nitrogens with one attached hydrogen (secondary N) is 1. The van der Waals surface area contributed by atoms with Gasteiger partial charge in [-0.2, -0.15) is 0 Å². The molecule has 1 rings (SSSR count). The summed E-state index contributed by atoms with van der Waals surface area (Å²) >= 11 is 0. The van der Waals surface area contributed by atoms with Crippen LogP contribution in [0.1, 0.15) is 57.9 Å². The fourth-order valence-corrected chi connectivity index (χ4v) is 2.42. The van der Waals surface area contributed by atoms with Crippen molar-refractivity contribution in [2.75, 3.05) is 7.11 Å². The maximum absolute atomic E-state index is 12.2. The quantitative estimate of drug-likeness (QED) is 0.652. The zero-order valence-electron chi connectivity index (χ0n) is 13.7. The highest BCUT2D eigenvalue weighted by atomic mass is 16.5. The first kappa shape index (κ1) is 17.5. The molecule has 0 saturated heterocycles. The van der Waals surface area contributed by atoms with Gasteiger partial charge >= 0.3 is 0 Å². The summed E-state index contributed by atoms with van der Waals surface area (Å²) in [6.07, 6.45) is 6.82. The maximum Gasteiger partial charge on any atom is 0.223 e. The van der Waals surface area contributed by atoms with E-state index in [-0.39, 0.29) is 11.8 Å². The van der Waals surface area contributed by atoms with Gasteiger partial charge < -0.3 is 10.1 Å². The Kier molecular flexibility index (Phi) is 8.56. The van der Waals surface area contributed by atoms with E-state index < -0.39 is 0 Å². The van der Waals surface area contributed by atoms with Gasteiger partial charge in [-0.25, -0.2) is 0 Å². The highest BCUT2D eigenvalue weighted by Crippen LogP contribution is 2.15. The maximum atomic E-state index is 12.2. The molecule has 0 spiro atoms. The third-order valence-electron chi connectivity index (χ3n) is 3.90. The molecule has 21 heavy (non-hydrogen) atoms. The Morgan fingerprint density at radius 3 is 2.43 bits per heavy atom. The van der Waals surface area contributed by atoms with Gasteiger partial charge in [0.25, 0.3) is 0 Å². The second kappa shape index (κ2) is 10.3. The van der Waals surface area contributed by atoms with Crippen LogP contribution in [0, 0.1) is 5.92 Å². The summed E-state index contributed by atoms with van der Waals surface area (Å²) in [5.41, 5.74) is 1.10. The Morgan fingerprint density at radius 2 is 1.86 bits per heavy atom. The van der Waals surface area contributed by atoms with Crippen LogP contribution in [0.5, 0.6) is 5.75 Å². The number of rotatable bonds is 10. The van der Waals surface area contributed by atoms with E-state index in [1.165, 1.54) is 19.3 Å². The van der Waals surface area contributed by atoms with Gasteiger partial charge in [-0.3, -0.25) is 4.79 Å². The number of amides is 1. The first-order valence-corrected chi connectivity index (χ1v) is 8.11.